The maximum Gasteiger partial charge on any atom is 0.501 e. The standard InChI is InChI=1S/C16H15ClF3NO4S/c1-10-2-3-12(22)7-14(26(23,24)16(18,19)20)4-5-15(10)25-13-6-11(17)8-21-9-13/h4-6,8-9,12,22H,1-3,7H2/b14-4+,15-5?/t12-/m1/s1. The molecule has 5 nitrogen and oxygen atoms in total. The highest BCUT2D eigenvalue weighted by molar-refractivity contribution is 7.96. The van der Waals surface area contributed by atoms with Crippen LogP contribution < -0.4 is 4.74 Å². The normalized spacial score (nSPS) is 21.7. The lowest BCUT2D eigenvalue weighted by Gasteiger charge is -2.15. The zero-order valence-corrected chi connectivity index (χ0v) is 14.9. The van der Waals surface area contributed by atoms with Gasteiger partial charge in [0.05, 0.1) is 22.2 Å². The third-order valence-corrected chi connectivity index (χ3v) is 5.35. The summed E-state index contributed by atoms with van der Waals surface area (Å²) in [5.74, 6) is 0.261. The van der Waals surface area contributed by atoms with Crippen LogP contribution >= 0.6 is 11.6 Å². The van der Waals surface area contributed by atoms with Crippen LogP contribution in [0.2, 0.25) is 5.02 Å². The van der Waals surface area contributed by atoms with Crippen LogP contribution in [0.25, 0.3) is 0 Å². The van der Waals surface area contributed by atoms with Gasteiger partial charge in [0.25, 0.3) is 9.84 Å². The largest absolute Gasteiger partial charge is 0.501 e. The van der Waals surface area contributed by atoms with E-state index in [1.54, 1.807) is 0 Å². The van der Waals surface area contributed by atoms with Crippen LogP contribution in [0.4, 0.5) is 13.2 Å². The summed E-state index contributed by atoms with van der Waals surface area (Å²) in [6.45, 7) is 3.77. The highest BCUT2D eigenvalue weighted by Crippen LogP contribution is 2.34. The van der Waals surface area contributed by atoms with Gasteiger partial charge >= 0.3 is 5.51 Å². The lowest BCUT2D eigenvalue weighted by molar-refractivity contribution is -0.0428. The van der Waals surface area contributed by atoms with Gasteiger partial charge < -0.3 is 9.84 Å². The molecular weight excluding hydrogens is 395 g/mol. The van der Waals surface area contributed by atoms with Crippen molar-refractivity contribution in [3.8, 4) is 5.75 Å². The molecule has 0 bridgehead atoms. The molecule has 0 saturated carbocycles. The summed E-state index contributed by atoms with van der Waals surface area (Å²) in [7, 11) is -5.57. The first kappa shape index (κ1) is 20.5. The van der Waals surface area contributed by atoms with Crippen molar-refractivity contribution >= 4 is 21.4 Å². The Balaban J connectivity index is 2.45. The zero-order chi connectivity index (χ0) is 19.5. The summed E-state index contributed by atoms with van der Waals surface area (Å²) < 4.78 is 67.5. The fraction of sp³-hybridized carbons (Fsp3) is 0.312. The van der Waals surface area contributed by atoms with Gasteiger partial charge in [-0.15, -0.1) is 0 Å². The van der Waals surface area contributed by atoms with Crippen LogP contribution in [-0.2, 0) is 9.84 Å². The number of halogens is 4. The molecule has 0 saturated heterocycles. The van der Waals surface area contributed by atoms with Crippen molar-refractivity contribution in [2.45, 2.75) is 30.9 Å². The van der Waals surface area contributed by atoms with Gasteiger partial charge in [0.1, 0.15) is 11.5 Å². The van der Waals surface area contributed by atoms with E-state index in [-0.39, 0.29) is 29.4 Å². The maximum atomic E-state index is 12.8. The highest BCUT2D eigenvalue weighted by atomic mass is 35.5. The molecule has 1 heterocycles. The van der Waals surface area contributed by atoms with Gasteiger partial charge in [-0.05, 0) is 30.6 Å². The van der Waals surface area contributed by atoms with Gasteiger partial charge in [-0.25, -0.2) is 8.42 Å². The van der Waals surface area contributed by atoms with Gasteiger partial charge in [-0.1, -0.05) is 18.2 Å². The van der Waals surface area contributed by atoms with Crippen molar-refractivity contribution in [2.24, 2.45) is 0 Å². The summed E-state index contributed by atoms with van der Waals surface area (Å²) >= 11 is 5.80. The Bertz CT molecular complexity index is 862. The number of nitrogens with zero attached hydrogens (tertiary/aromatic N) is 1. The molecule has 0 unspecified atom stereocenters. The first-order valence-corrected chi connectivity index (χ1v) is 9.23. The number of hydrogen-bond acceptors (Lipinski definition) is 5. The van der Waals surface area contributed by atoms with Gasteiger partial charge in [0, 0.05) is 18.7 Å². The van der Waals surface area contributed by atoms with Crippen molar-refractivity contribution < 1.29 is 31.4 Å². The average molecular weight is 410 g/mol. The molecule has 10 heteroatoms. The van der Waals surface area contributed by atoms with E-state index in [1.807, 2.05) is 0 Å². The number of aliphatic hydroxyl groups is 1. The van der Waals surface area contributed by atoms with E-state index >= 15 is 0 Å². The fourth-order valence-electron chi connectivity index (χ4n) is 2.18. The van der Waals surface area contributed by atoms with E-state index in [1.165, 1.54) is 18.5 Å². The minimum Gasteiger partial charge on any atom is -0.455 e. The number of sulfone groups is 1. The summed E-state index contributed by atoms with van der Waals surface area (Å²) in [5, 5.41) is 10.1. The van der Waals surface area contributed by atoms with Gasteiger partial charge in [-0.2, -0.15) is 13.2 Å². The third-order valence-electron chi connectivity index (χ3n) is 3.54. The Kier molecular flexibility index (Phi) is 6.15. The highest BCUT2D eigenvalue weighted by Gasteiger charge is 2.48. The summed E-state index contributed by atoms with van der Waals surface area (Å²) in [4.78, 5) is 2.87. The lowest BCUT2D eigenvalue weighted by Crippen LogP contribution is -2.26. The second-order valence-electron chi connectivity index (χ2n) is 5.55. The number of ether oxygens (including phenoxy) is 1. The molecule has 142 valence electrons. The van der Waals surface area contributed by atoms with E-state index in [0.29, 0.717) is 5.57 Å². The Hall–Kier alpha value is -1.84. The van der Waals surface area contributed by atoms with Crippen molar-refractivity contribution in [2.75, 3.05) is 0 Å². The molecule has 2 rings (SSSR count). The molecule has 1 N–H and O–H groups in total. The van der Waals surface area contributed by atoms with Crippen molar-refractivity contribution in [1.29, 1.82) is 0 Å². The van der Waals surface area contributed by atoms with Crippen LogP contribution in [0, 0.1) is 0 Å². The Labute approximate surface area is 153 Å². The van der Waals surface area contributed by atoms with E-state index in [2.05, 4.69) is 11.6 Å². The third kappa shape index (κ3) is 4.87. The van der Waals surface area contributed by atoms with E-state index in [4.69, 9.17) is 16.3 Å². The zero-order valence-electron chi connectivity index (χ0n) is 13.3. The molecule has 1 aromatic rings. The number of aliphatic hydroxyl groups excluding tert-OH is 1. The molecular formula is C16H15ClF3NO4S. The second-order valence-corrected chi connectivity index (χ2v) is 7.98. The van der Waals surface area contributed by atoms with Crippen molar-refractivity contribution in [3.05, 3.63) is 58.5 Å². The predicted molar refractivity (Wildman–Crippen MR) is 90.0 cm³/mol. The second kappa shape index (κ2) is 7.81. The van der Waals surface area contributed by atoms with Gasteiger partial charge in [-0.3, -0.25) is 4.98 Å². The molecule has 0 radical (unpaired) electrons. The Morgan fingerprint density at radius 1 is 1.31 bits per heavy atom. The number of aromatic nitrogens is 1. The van der Waals surface area contributed by atoms with Crippen molar-refractivity contribution in [3.63, 3.8) is 0 Å². The molecule has 1 aromatic heterocycles. The molecule has 0 aromatic carbocycles. The molecule has 0 amide bonds. The van der Waals surface area contributed by atoms with Crippen LogP contribution in [0.3, 0.4) is 0 Å². The van der Waals surface area contributed by atoms with Crippen molar-refractivity contribution in [1.82, 2.24) is 4.98 Å². The molecule has 1 aliphatic rings. The molecule has 0 aliphatic heterocycles. The van der Waals surface area contributed by atoms with Crippen LogP contribution in [0.1, 0.15) is 19.3 Å². The van der Waals surface area contributed by atoms with E-state index in [9.17, 15) is 26.7 Å². The molecule has 0 fully saturated rings. The summed E-state index contributed by atoms with van der Waals surface area (Å²) in [5.41, 5.74) is -5.08. The molecule has 0 spiro atoms. The first-order valence-electron chi connectivity index (χ1n) is 7.37. The van der Waals surface area contributed by atoms with Crippen LogP contribution in [0.15, 0.2) is 53.4 Å². The summed E-state index contributed by atoms with van der Waals surface area (Å²) in [6.07, 6.45) is 2.86. The van der Waals surface area contributed by atoms with Gasteiger partial charge in [0.15, 0.2) is 0 Å². The van der Waals surface area contributed by atoms with Gasteiger partial charge in [0.2, 0.25) is 0 Å². The number of alkyl halides is 3. The maximum absolute atomic E-state index is 12.8. The number of hydrogen-bond donors (Lipinski definition) is 1. The molecule has 26 heavy (non-hydrogen) atoms. The van der Waals surface area contributed by atoms with E-state index < -0.39 is 32.8 Å². The Morgan fingerprint density at radius 3 is 2.62 bits per heavy atom. The topological polar surface area (TPSA) is 76.5 Å². The monoisotopic (exact) mass is 409 g/mol. The minimum atomic E-state index is -5.57. The van der Waals surface area contributed by atoms with E-state index in [0.717, 1.165) is 12.2 Å². The Morgan fingerprint density at radius 2 is 2.00 bits per heavy atom. The number of allylic oxidation sites excluding steroid dienone is 3. The van der Waals surface area contributed by atoms with Crippen LogP contribution in [0.5, 0.6) is 5.75 Å². The fourth-order valence-corrected chi connectivity index (χ4v) is 3.30. The SMILES string of the molecule is C=C1CC[C@@H](O)C/C(S(=O)(=O)C(F)(F)F)=C\C=C1Oc1cncc(Cl)c1. The first-order chi connectivity index (χ1) is 12.0. The number of pyridine rings is 1. The smallest absolute Gasteiger partial charge is 0.455 e. The predicted octanol–water partition coefficient (Wildman–Crippen LogP) is 3.92. The average Bonchev–Trinajstić information content (AvgIpc) is 2.59. The summed E-state index contributed by atoms with van der Waals surface area (Å²) in [6, 6.07) is 1.43. The lowest BCUT2D eigenvalue weighted by atomic mass is 10.1. The molecule has 1 aliphatic carbocycles. The molecule has 1 atom stereocenters. The number of rotatable bonds is 3. The minimum absolute atomic E-state index is 0.0258. The van der Waals surface area contributed by atoms with Crippen LogP contribution in [-0.4, -0.2) is 30.1 Å². The quantitative estimate of drug-likeness (QED) is 0.818.